The lowest BCUT2D eigenvalue weighted by Gasteiger charge is -2.28. The molecule has 4 atom stereocenters. The van der Waals surface area contributed by atoms with Crippen LogP contribution in [0.3, 0.4) is 0 Å². The van der Waals surface area contributed by atoms with Crippen molar-refractivity contribution in [1.82, 2.24) is 15.1 Å². The normalized spacial score (nSPS) is 29.7. The van der Waals surface area contributed by atoms with E-state index in [0.717, 1.165) is 17.5 Å². The fraction of sp³-hybridized carbons (Fsp3) is 0.733. The van der Waals surface area contributed by atoms with Gasteiger partial charge in [-0.05, 0) is 50.9 Å². The summed E-state index contributed by atoms with van der Waals surface area (Å²) in [6, 6.07) is 0.205. The number of hydrogen-bond donors (Lipinski definition) is 1. The van der Waals surface area contributed by atoms with Gasteiger partial charge in [-0.1, -0.05) is 18.0 Å². The van der Waals surface area contributed by atoms with Crippen LogP contribution < -0.4 is 5.32 Å². The fourth-order valence-corrected chi connectivity index (χ4v) is 4.26. The molecule has 2 aliphatic carbocycles. The lowest BCUT2D eigenvalue weighted by molar-refractivity contribution is 0.0909. The predicted octanol–water partition coefficient (Wildman–Crippen LogP) is 2.94. The number of nitrogens with zero attached hydrogens (tertiary/aromatic N) is 2. The van der Waals surface area contributed by atoms with Gasteiger partial charge < -0.3 is 5.32 Å². The molecule has 4 unspecified atom stereocenters. The second-order valence-corrected chi connectivity index (χ2v) is 6.85. The number of carbonyl (C=O) groups is 1. The van der Waals surface area contributed by atoms with Crippen molar-refractivity contribution in [3.8, 4) is 0 Å². The molecule has 3 rings (SSSR count). The van der Waals surface area contributed by atoms with Crippen molar-refractivity contribution >= 4 is 17.5 Å². The smallest absolute Gasteiger partial charge is 0.273 e. The minimum absolute atomic E-state index is 0.144. The van der Waals surface area contributed by atoms with Crippen molar-refractivity contribution in [1.29, 1.82) is 0 Å². The van der Waals surface area contributed by atoms with Gasteiger partial charge in [0, 0.05) is 13.1 Å². The first-order valence-electron chi connectivity index (χ1n) is 7.47. The van der Waals surface area contributed by atoms with Gasteiger partial charge in [0.1, 0.15) is 0 Å². The predicted molar refractivity (Wildman–Crippen MR) is 78.8 cm³/mol. The van der Waals surface area contributed by atoms with Crippen molar-refractivity contribution in [3.05, 3.63) is 16.4 Å². The molecule has 110 valence electrons. The van der Waals surface area contributed by atoms with Crippen molar-refractivity contribution in [2.75, 3.05) is 0 Å². The Bertz CT molecular complexity index is 539. The van der Waals surface area contributed by atoms with Gasteiger partial charge in [-0.3, -0.25) is 9.48 Å². The van der Waals surface area contributed by atoms with Crippen molar-refractivity contribution < 1.29 is 4.79 Å². The molecule has 2 bridgehead atoms. The topological polar surface area (TPSA) is 46.9 Å². The first-order chi connectivity index (χ1) is 9.47. The number of fused-ring (bicyclic) bond motifs is 2. The van der Waals surface area contributed by atoms with Crippen LogP contribution in [0.15, 0.2) is 0 Å². The van der Waals surface area contributed by atoms with E-state index in [1.54, 1.807) is 11.7 Å². The fourth-order valence-electron chi connectivity index (χ4n) is 4.02. The molecule has 2 fully saturated rings. The molecule has 4 nitrogen and oxygen atoms in total. The van der Waals surface area contributed by atoms with E-state index in [2.05, 4.69) is 17.3 Å². The van der Waals surface area contributed by atoms with E-state index < -0.39 is 0 Å². The average Bonchev–Trinajstić information content (AvgIpc) is 3.10. The monoisotopic (exact) mass is 295 g/mol. The third kappa shape index (κ3) is 2.24. The Morgan fingerprint density at radius 3 is 2.70 bits per heavy atom. The summed E-state index contributed by atoms with van der Waals surface area (Å²) in [4.78, 5) is 12.3. The van der Waals surface area contributed by atoms with E-state index in [1.807, 2.05) is 6.92 Å². The van der Waals surface area contributed by atoms with Gasteiger partial charge in [0.05, 0.1) is 10.7 Å². The number of nitrogens with one attached hydrogen (secondary N) is 1. The molecule has 1 amide bonds. The highest BCUT2D eigenvalue weighted by Gasteiger charge is 2.42. The van der Waals surface area contributed by atoms with Crippen molar-refractivity contribution in [2.24, 2.45) is 24.8 Å². The Labute approximate surface area is 124 Å². The SMILES string of the molecule is Cc1c(Cl)c(C(=O)NC(C)C2CC3CCC2C3)nn1C. The molecule has 0 spiro atoms. The molecule has 1 aromatic rings. The van der Waals surface area contributed by atoms with Gasteiger partial charge in [0.15, 0.2) is 5.69 Å². The van der Waals surface area contributed by atoms with Crippen molar-refractivity contribution in [3.63, 3.8) is 0 Å². The van der Waals surface area contributed by atoms with Gasteiger partial charge in [-0.25, -0.2) is 0 Å². The maximum atomic E-state index is 12.3. The summed E-state index contributed by atoms with van der Waals surface area (Å²) in [6.07, 6.45) is 5.33. The number of halogens is 1. The quantitative estimate of drug-likeness (QED) is 0.932. The molecule has 2 saturated carbocycles. The van der Waals surface area contributed by atoms with Gasteiger partial charge in [0.25, 0.3) is 5.91 Å². The molecule has 0 saturated heterocycles. The van der Waals surface area contributed by atoms with Crippen LogP contribution in [-0.2, 0) is 7.05 Å². The Kier molecular flexibility index (Phi) is 3.53. The largest absolute Gasteiger partial charge is 0.348 e. The summed E-state index contributed by atoms with van der Waals surface area (Å²) >= 11 is 6.17. The molecule has 0 radical (unpaired) electrons. The Balaban J connectivity index is 1.68. The van der Waals surface area contributed by atoms with E-state index in [1.165, 1.54) is 25.7 Å². The van der Waals surface area contributed by atoms with E-state index in [0.29, 0.717) is 16.6 Å². The number of aryl methyl sites for hydroxylation is 1. The third-order valence-corrected chi connectivity index (χ3v) is 5.72. The van der Waals surface area contributed by atoms with Gasteiger partial charge >= 0.3 is 0 Å². The maximum absolute atomic E-state index is 12.3. The van der Waals surface area contributed by atoms with Crippen LogP contribution in [0, 0.1) is 24.7 Å². The lowest BCUT2D eigenvalue weighted by atomic mass is 9.84. The Hall–Kier alpha value is -1.03. The first kappa shape index (κ1) is 13.9. The molecular weight excluding hydrogens is 274 g/mol. The molecular formula is C15H22ClN3O. The minimum atomic E-state index is -0.144. The molecule has 1 heterocycles. The van der Waals surface area contributed by atoms with E-state index in [9.17, 15) is 4.79 Å². The third-order valence-electron chi connectivity index (χ3n) is 5.27. The number of carbonyl (C=O) groups excluding carboxylic acids is 1. The lowest BCUT2D eigenvalue weighted by Crippen LogP contribution is -2.40. The highest BCUT2D eigenvalue weighted by Crippen LogP contribution is 2.49. The summed E-state index contributed by atoms with van der Waals surface area (Å²) in [5.41, 5.74) is 1.17. The highest BCUT2D eigenvalue weighted by molar-refractivity contribution is 6.34. The van der Waals surface area contributed by atoms with Crippen LogP contribution in [0.5, 0.6) is 0 Å². The van der Waals surface area contributed by atoms with Gasteiger partial charge in [-0.2, -0.15) is 5.10 Å². The van der Waals surface area contributed by atoms with Crippen LogP contribution in [-0.4, -0.2) is 21.7 Å². The molecule has 1 N–H and O–H groups in total. The summed E-state index contributed by atoms with van der Waals surface area (Å²) in [5.74, 6) is 2.18. The van der Waals surface area contributed by atoms with Gasteiger partial charge in [0.2, 0.25) is 0 Å². The second kappa shape index (κ2) is 5.06. The zero-order valence-corrected chi connectivity index (χ0v) is 13.1. The van der Waals surface area contributed by atoms with E-state index in [4.69, 9.17) is 11.6 Å². The molecule has 2 aliphatic rings. The van der Waals surface area contributed by atoms with Crippen LogP contribution in [0.25, 0.3) is 0 Å². The standard InChI is InChI=1S/C15H22ClN3O/c1-8(12-7-10-4-5-11(12)6-10)17-15(20)14-13(16)9(2)19(3)18-14/h8,10-12H,4-7H2,1-3H3,(H,17,20). The number of aromatic nitrogens is 2. The number of rotatable bonds is 3. The number of hydrogen-bond acceptors (Lipinski definition) is 2. The van der Waals surface area contributed by atoms with Crippen LogP contribution in [0.2, 0.25) is 5.02 Å². The summed E-state index contributed by atoms with van der Waals surface area (Å²) in [7, 11) is 1.80. The van der Waals surface area contributed by atoms with Crippen LogP contribution >= 0.6 is 11.6 Å². The molecule has 1 aromatic heterocycles. The summed E-state index contributed by atoms with van der Waals surface area (Å²) in [5, 5.41) is 7.78. The summed E-state index contributed by atoms with van der Waals surface area (Å²) in [6.45, 7) is 3.98. The van der Waals surface area contributed by atoms with Crippen LogP contribution in [0.4, 0.5) is 0 Å². The average molecular weight is 296 g/mol. The molecule has 20 heavy (non-hydrogen) atoms. The Morgan fingerprint density at radius 1 is 1.45 bits per heavy atom. The van der Waals surface area contributed by atoms with Crippen LogP contribution in [0.1, 0.15) is 48.8 Å². The van der Waals surface area contributed by atoms with Crippen molar-refractivity contribution in [2.45, 2.75) is 45.6 Å². The molecule has 0 aromatic carbocycles. The summed E-state index contributed by atoms with van der Waals surface area (Å²) < 4.78 is 1.65. The Morgan fingerprint density at radius 2 is 2.20 bits per heavy atom. The molecule has 5 heteroatoms. The zero-order chi connectivity index (χ0) is 14.4. The minimum Gasteiger partial charge on any atom is -0.348 e. The second-order valence-electron chi connectivity index (χ2n) is 6.47. The van der Waals surface area contributed by atoms with Gasteiger partial charge in [-0.15, -0.1) is 0 Å². The van der Waals surface area contributed by atoms with E-state index >= 15 is 0 Å². The first-order valence-corrected chi connectivity index (χ1v) is 7.85. The molecule has 0 aliphatic heterocycles. The maximum Gasteiger partial charge on any atom is 0.273 e. The highest BCUT2D eigenvalue weighted by atomic mass is 35.5. The zero-order valence-electron chi connectivity index (χ0n) is 12.3. The number of amides is 1. The van der Waals surface area contributed by atoms with E-state index in [-0.39, 0.29) is 11.9 Å².